The second-order valence-electron chi connectivity index (χ2n) is 5.29. The van der Waals surface area contributed by atoms with Gasteiger partial charge in [0.2, 0.25) is 11.8 Å². The summed E-state index contributed by atoms with van der Waals surface area (Å²) in [5.74, 6) is -0.372. The van der Waals surface area contributed by atoms with Crippen LogP contribution in [0.2, 0.25) is 0 Å². The van der Waals surface area contributed by atoms with E-state index in [-0.39, 0.29) is 12.6 Å². The molecule has 0 amide bonds. The molecule has 2 aromatic rings. The van der Waals surface area contributed by atoms with Crippen molar-refractivity contribution in [2.45, 2.75) is 39.3 Å². The first kappa shape index (κ1) is 18.0. The van der Waals surface area contributed by atoms with Crippen LogP contribution in [0.5, 0.6) is 5.88 Å². The third-order valence-corrected chi connectivity index (χ3v) is 3.39. The van der Waals surface area contributed by atoms with Gasteiger partial charge in [-0.25, -0.2) is 4.98 Å². The minimum atomic E-state index is -4.55. The van der Waals surface area contributed by atoms with Crippen molar-refractivity contribution in [2.75, 3.05) is 11.9 Å². The van der Waals surface area contributed by atoms with Crippen molar-refractivity contribution in [1.29, 1.82) is 0 Å². The molecule has 4 nitrogen and oxygen atoms in total. The zero-order valence-electron chi connectivity index (χ0n) is 13.7. The molecule has 0 radical (unpaired) electrons. The molecule has 0 bridgehead atoms. The zero-order chi connectivity index (χ0) is 17.6. The molecule has 0 atom stereocenters. The van der Waals surface area contributed by atoms with Gasteiger partial charge in [0.05, 0.1) is 6.61 Å². The Balaban J connectivity index is 2.25. The number of benzene rings is 1. The van der Waals surface area contributed by atoms with E-state index in [1.807, 2.05) is 32.0 Å². The molecule has 0 aliphatic carbocycles. The number of ether oxygens (including phenoxy) is 1. The lowest BCUT2D eigenvalue weighted by Gasteiger charge is -2.14. The Morgan fingerprint density at radius 3 is 2.67 bits per heavy atom. The fraction of sp³-hybridized carbons (Fsp3) is 0.412. The maximum absolute atomic E-state index is 13.0. The van der Waals surface area contributed by atoms with Crippen LogP contribution in [0.25, 0.3) is 0 Å². The van der Waals surface area contributed by atoms with Crippen LogP contribution < -0.4 is 10.1 Å². The fourth-order valence-corrected chi connectivity index (χ4v) is 2.04. The molecule has 1 aromatic heterocycles. The van der Waals surface area contributed by atoms with Gasteiger partial charge in [0.15, 0.2) is 0 Å². The van der Waals surface area contributed by atoms with Crippen molar-refractivity contribution < 1.29 is 17.9 Å². The van der Waals surface area contributed by atoms with Crippen LogP contribution in [0.3, 0.4) is 0 Å². The topological polar surface area (TPSA) is 47.0 Å². The lowest BCUT2D eigenvalue weighted by Crippen LogP contribution is -2.13. The normalized spacial score (nSPS) is 11.4. The van der Waals surface area contributed by atoms with Gasteiger partial charge in [-0.15, -0.1) is 0 Å². The first-order valence-electron chi connectivity index (χ1n) is 7.87. The van der Waals surface area contributed by atoms with E-state index in [9.17, 15) is 13.2 Å². The summed E-state index contributed by atoms with van der Waals surface area (Å²) in [5.41, 5.74) is 0.853. The van der Waals surface area contributed by atoms with Crippen molar-refractivity contribution in [1.82, 2.24) is 9.97 Å². The van der Waals surface area contributed by atoms with Gasteiger partial charge in [0, 0.05) is 11.9 Å². The summed E-state index contributed by atoms with van der Waals surface area (Å²) in [4.78, 5) is 7.66. The number of halogens is 3. The number of unbranched alkanes of at least 4 members (excludes halogenated alkanes) is 1. The number of alkyl halides is 3. The van der Waals surface area contributed by atoms with Crippen LogP contribution >= 0.6 is 0 Å². The van der Waals surface area contributed by atoms with Gasteiger partial charge in [0.25, 0.3) is 0 Å². The predicted molar refractivity (Wildman–Crippen MR) is 86.5 cm³/mol. The summed E-state index contributed by atoms with van der Waals surface area (Å²) < 4.78 is 44.3. The molecule has 1 aromatic carbocycles. The van der Waals surface area contributed by atoms with Crippen molar-refractivity contribution in [3.63, 3.8) is 0 Å². The number of aromatic nitrogens is 2. The fourth-order valence-electron chi connectivity index (χ4n) is 2.04. The lowest BCUT2D eigenvalue weighted by molar-refractivity contribution is -0.139. The highest BCUT2D eigenvalue weighted by atomic mass is 19.4. The molecule has 0 saturated heterocycles. The van der Waals surface area contributed by atoms with Crippen molar-refractivity contribution >= 4 is 11.6 Å². The van der Waals surface area contributed by atoms with Gasteiger partial charge >= 0.3 is 6.18 Å². The molecule has 1 heterocycles. The van der Waals surface area contributed by atoms with Crippen LogP contribution in [-0.4, -0.2) is 16.6 Å². The Kier molecular flexibility index (Phi) is 6.00. The number of nitrogens with one attached hydrogen (secondary N) is 1. The Morgan fingerprint density at radius 1 is 1.21 bits per heavy atom. The van der Waals surface area contributed by atoms with Crippen molar-refractivity contribution in [2.24, 2.45) is 0 Å². The molecule has 130 valence electrons. The monoisotopic (exact) mass is 339 g/mol. The van der Waals surface area contributed by atoms with Gasteiger partial charge < -0.3 is 10.1 Å². The Morgan fingerprint density at radius 2 is 2.00 bits per heavy atom. The number of nitrogens with zero attached hydrogens (tertiary/aromatic N) is 2. The molecule has 0 aliphatic heterocycles. The first-order chi connectivity index (χ1) is 11.4. The summed E-state index contributed by atoms with van der Waals surface area (Å²) in [6, 6.07) is 7.54. The smallest absolute Gasteiger partial charge is 0.423 e. The Bertz CT molecular complexity index is 674. The minimum absolute atomic E-state index is 0.0720. The second kappa shape index (κ2) is 7.99. The highest BCUT2D eigenvalue weighted by Crippen LogP contribution is 2.35. The molecule has 1 N–H and O–H groups in total. The molecule has 0 aliphatic rings. The highest BCUT2D eigenvalue weighted by molar-refractivity contribution is 5.55. The van der Waals surface area contributed by atoms with E-state index in [1.54, 1.807) is 6.07 Å². The molecule has 0 spiro atoms. The molecule has 7 heteroatoms. The first-order valence-corrected chi connectivity index (χ1v) is 7.87. The molecule has 0 unspecified atom stereocenters. The maximum Gasteiger partial charge on any atom is 0.423 e. The summed E-state index contributed by atoms with van der Waals surface area (Å²) in [6.45, 7) is 4.14. The largest absolute Gasteiger partial charge is 0.477 e. The van der Waals surface area contributed by atoms with E-state index in [0.29, 0.717) is 12.1 Å². The molecular weight excluding hydrogens is 319 g/mol. The number of anilines is 2. The third-order valence-electron chi connectivity index (χ3n) is 3.39. The van der Waals surface area contributed by atoms with Crippen LogP contribution in [-0.2, 0) is 12.6 Å². The van der Waals surface area contributed by atoms with Crippen molar-refractivity contribution in [3.05, 3.63) is 41.6 Å². The van der Waals surface area contributed by atoms with Gasteiger partial charge in [-0.05, 0) is 30.5 Å². The maximum atomic E-state index is 13.0. The van der Waals surface area contributed by atoms with Crippen LogP contribution in [0.15, 0.2) is 30.5 Å². The highest BCUT2D eigenvalue weighted by Gasteiger charge is 2.36. The molecule has 0 fully saturated rings. The predicted octanol–water partition coefficient (Wildman–Crippen LogP) is 4.98. The van der Waals surface area contributed by atoms with Crippen LogP contribution in [0, 0.1) is 0 Å². The average Bonchev–Trinajstić information content (AvgIpc) is 2.54. The van der Waals surface area contributed by atoms with Gasteiger partial charge in [-0.2, -0.15) is 18.2 Å². The van der Waals surface area contributed by atoms with Gasteiger partial charge in [-0.1, -0.05) is 32.4 Å². The zero-order valence-corrected chi connectivity index (χ0v) is 13.7. The number of rotatable bonds is 7. The van der Waals surface area contributed by atoms with E-state index < -0.39 is 17.6 Å². The average molecular weight is 339 g/mol. The quantitative estimate of drug-likeness (QED) is 0.723. The minimum Gasteiger partial charge on any atom is -0.477 e. The molecule has 0 saturated carbocycles. The van der Waals surface area contributed by atoms with Crippen LogP contribution in [0.1, 0.15) is 37.8 Å². The van der Waals surface area contributed by atoms with Gasteiger partial charge in [0.1, 0.15) is 5.56 Å². The summed E-state index contributed by atoms with van der Waals surface area (Å²) in [6.07, 6.45) is -1.47. The number of hydrogen-bond acceptors (Lipinski definition) is 4. The standard InChI is InChI=1S/C17H20F3N3O/c1-3-5-9-24-15-14(17(18,19)20)11-21-16(23-15)22-13-8-6-7-12(4-2)10-13/h6-8,10-11H,3-5,9H2,1-2H3,(H,21,22,23). The SMILES string of the molecule is CCCCOc1nc(Nc2cccc(CC)c2)ncc1C(F)(F)F. The summed E-state index contributed by atoms with van der Waals surface area (Å²) in [5, 5.41) is 2.92. The number of hydrogen-bond donors (Lipinski definition) is 1. The molecule has 2 rings (SSSR count). The van der Waals surface area contributed by atoms with Crippen LogP contribution in [0.4, 0.5) is 24.8 Å². The van der Waals surface area contributed by atoms with Crippen molar-refractivity contribution in [3.8, 4) is 5.88 Å². The molecule has 24 heavy (non-hydrogen) atoms. The Hall–Kier alpha value is -2.31. The summed E-state index contributed by atoms with van der Waals surface area (Å²) >= 11 is 0. The van der Waals surface area contributed by atoms with E-state index in [2.05, 4.69) is 15.3 Å². The number of aryl methyl sites for hydroxylation is 1. The molecular formula is C17H20F3N3O. The van der Waals surface area contributed by atoms with E-state index in [4.69, 9.17) is 4.74 Å². The third kappa shape index (κ3) is 4.84. The van der Waals surface area contributed by atoms with E-state index in [0.717, 1.165) is 24.6 Å². The van der Waals surface area contributed by atoms with E-state index >= 15 is 0 Å². The Labute approximate surface area is 139 Å². The van der Waals surface area contributed by atoms with Gasteiger partial charge in [-0.3, -0.25) is 0 Å². The van der Waals surface area contributed by atoms with E-state index in [1.165, 1.54) is 0 Å². The lowest BCUT2D eigenvalue weighted by atomic mass is 10.1. The summed E-state index contributed by atoms with van der Waals surface area (Å²) in [7, 11) is 0. The second-order valence-corrected chi connectivity index (χ2v) is 5.29.